The van der Waals surface area contributed by atoms with Crippen molar-refractivity contribution in [3.8, 4) is 0 Å². The van der Waals surface area contributed by atoms with E-state index in [1.54, 1.807) is 0 Å². The van der Waals surface area contributed by atoms with E-state index in [-0.39, 0.29) is 5.91 Å². The average Bonchev–Trinajstić information content (AvgIpc) is 2.89. The van der Waals surface area contributed by atoms with Crippen LogP contribution in [0.2, 0.25) is 0 Å². The summed E-state index contributed by atoms with van der Waals surface area (Å²) in [6.45, 7) is 2.56. The molecule has 106 valence electrons. The van der Waals surface area contributed by atoms with E-state index in [1.165, 1.54) is 0 Å². The maximum Gasteiger partial charge on any atom is 0.251 e. The molecule has 0 fully saturated rings. The van der Waals surface area contributed by atoms with Crippen molar-refractivity contribution in [2.24, 2.45) is 0 Å². The molecule has 4 nitrogen and oxygen atoms in total. The third kappa shape index (κ3) is 3.11. The fourth-order valence-electron chi connectivity index (χ4n) is 2.30. The SMILES string of the molecule is Cc1cccc(C(=O)NCCc2cn3ccccc3n2)c1. The molecule has 0 spiro atoms. The van der Waals surface area contributed by atoms with Gasteiger partial charge >= 0.3 is 0 Å². The summed E-state index contributed by atoms with van der Waals surface area (Å²) in [4.78, 5) is 16.5. The van der Waals surface area contributed by atoms with Gasteiger partial charge in [0.1, 0.15) is 5.65 Å². The van der Waals surface area contributed by atoms with Gasteiger partial charge in [-0.25, -0.2) is 4.98 Å². The Hall–Kier alpha value is -2.62. The van der Waals surface area contributed by atoms with E-state index in [2.05, 4.69) is 10.3 Å². The molecule has 0 bridgehead atoms. The number of imidazole rings is 1. The van der Waals surface area contributed by atoms with Crippen molar-refractivity contribution in [3.05, 3.63) is 71.7 Å². The lowest BCUT2D eigenvalue weighted by Gasteiger charge is -2.04. The number of hydrogen-bond donors (Lipinski definition) is 1. The summed E-state index contributed by atoms with van der Waals surface area (Å²) in [7, 11) is 0. The Morgan fingerprint density at radius 2 is 2.14 bits per heavy atom. The molecule has 1 N–H and O–H groups in total. The second-order valence-electron chi connectivity index (χ2n) is 5.07. The summed E-state index contributed by atoms with van der Waals surface area (Å²) < 4.78 is 1.98. The number of benzene rings is 1. The first kappa shape index (κ1) is 13.4. The molecule has 4 heteroatoms. The summed E-state index contributed by atoms with van der Waals surface area (Å²) in [5, 5.41) is 2.93. The standard InChI is InChI=1S/C17H17N3O/c1-13-5-4-6-14(11-13)17(21)18-9-8-15-12-20-10-3-2-7-16(20)19-15/h2-7,10-12H,8-9H2,1H3,(H,18,21). The Balaban J connectivity index is 1.59. The molecule has 2 heterocycles. The van der Waals surface area contributed by atoms with E-state index in [0.717, 1.165) is 23.3 Å². The lowest BCUT2D eigenvalue weighted by molar-refractivity contribution is 0.0954. The van der Waals surface area contributed by atoms with Crippen LogP contribution in [0.25, 0.3) is 5.65 Å². The topological polar surface area (TPSA) is 46.4 Å². The average molecular weight is 279 g/mol. The van der Waals surface area contributed by atoms with Gasteiger partial charge < -0.3 is 9.72 Å². The zero-order chi connectivity index (χ0) is 14.7. The van der Waals surface area contributed by atoms with Gasteiger partial charge in [-0.05, 0) is 31.2 Å². The zero-order valence-electron chi connectivity index (χ0n) is 11.9. The highest BCUT2D eigenvalue weighted by Crippen LogP contribution is 2.06. The Kier molecular flexibility index (Phi) is 3.69. The van der Waals surface area contributed by atoms with Crippen molar-refractivity contribution in [1.29, 1.82) is 0 Å². The van der Waals surface area contributed by atoms with Crippen LogP contribution in [0.4, 0.5) is 0 Å². The van der Waals surface area contributed by atoms with Crippen molar-refractivity contribution < 1.29 is 4.79 Å². The number of rotatable bonds is 4. The van der Waals surface area contributed by atoms with Crippen LogP contribution >= 0.6 is 0 Å². The maximum absolute atomic E-state index is 12.0. The van der Waals surface area contributed by atoms with Gasteiger partial charge in [-0.3, -0.25) is 4.79 Å². The van der Waals surface area contributed by atoms with E-state index in [4.69, 9.17) is 0 Å². The van der Waals surface area contributed by atoms with Crippen molar-refractivity contribution in [2.45, 2.75) is 13.3 Å². The van der Waals surface area contributed by atoms with Crippen molar-refractivity contribution in [2.75, 3.05) is 6.54 Å². The second kappa shape index (κ2) is 5.79. The van der Waals surface area contributed by atoms with E-state index in [0.29, 0.717) is 12.1 Å². The molecule has 0 saturated carbocycles. The largest absolute Gasteiger partial charge is 0.352 e. The van der Waals surface area contributed by atoms with Crippen molar-refractivity contribution in [1.82, 2.24) is 14.7 Å². The maximum atomic E-state index is 12.0. The highest BCUT2D eigenvalue weighted by molar-refractivity contribution is 5.94. The highest BCUT2D eigenvalue weighted by Gasteiger charge is 2.06. The van der Waals surface area contributed by atoms with Crippen LogP contribution in [-0.2, 0) is 6.42 Å². The fourth-order valence-corrected chi connectivity index (χ4v) is 2.30. The van der Waals surface area contributed by atoms with Crippen LogP contribution in [0, 0.1) is 6.92 Å². The number of nitrogens with one attached hydrogen (secondary N) is 1. The molecular formula is C17H17N3O. The summed E-state index contributed by atoms with van der Waals surface area (Å²) in [6.07, 6.45) is 4.69. The highest BCUT2D eigenvalue weighted by atomic mass is 16.1. The fraction of sp³-hybridized carbons (Fsp3) is 0.176. The monoisotopic (exact) mass is 279 g/mol. The molecule has 3 aromatic rings. The number of aromatic nitrogens is 2. The molecule has 0 atom stereocenters. The molecule has 0 saturated heterocycles. The number of carbonyl (C=O) groups is 1. The molecule has 1 amide bonds. The molecule has 0 aliphatic rings. The first-order valence-corrected chi connectivity index (χ1v) is 7.00. The number of carbonyl (C=O) groups excluding carboxylic acids is 1. The Morgan fingerprint density at radius 3 is 2.95 bits per heavy atom. The minimum atomic E-state index is -0.0394. The van der Waals surface area contributed by atoms with Gasteiger partial charge in [-0.15, -0.1) is 0 Å². The van der Waals surface area contributed by atoms with Crippen LogP contribution in [0.5, 0.6) is 0 Å². The van der Waals surface area contributed by atoms with Gasteiger partial charge in [0.25, 0.3) is 5.91 Å². The number of amides is 1. The van der Waals surface area contributed by atoms with E-state index < -0.39 is 0 Å². The quantitative estimate of drug-likeness (QED) is 0.798. The first-order valence-electron chi connectivity index (χ1n) is 7.00. The van der Waals surface area contributed by atoms with Crippen LogP contribution in [0.1, 0.15) is 21.6 Å². The van der Waals surface area contributed by atoms with Crippen LogP contribution in [0.3, 0.4) is 0 Å². The van der Waals surface area contributed by atoms with Crippen LogP contribution in [-0.4, -0.2) is 21.8 Å². The number of nitrogens with zero attached hydrogens (tertiary/aromatic N) is 2. The molecule has 2 aromatic heterocycles. The van der Waals surface area contributed by atoms with Crippen LogP contribution < -0.4 is 5.32 Å². The van der Waals surface area contributed by atoms with Gasteiger partial charge in [0.2, 0.25) is 0 Å². The van der Waals surface area contributed by atoms with Gasteiger partial charge in [-0.2, -0.15) is 0 Å². The predicted octanol–water partition coefficient (Wildman–Crippen LogP) is 2.62. The summed E-state index contributed by atoms with van der Waals surface area (Å²) in [6, 6.07) is 13.5. The summed E-state index contributed by atoms with van der Waals surface area (Å²) >= 11 is 0. The smallest absolute Gasteiger partial charge is 0.251 e. The number of pyridine rings is 1. The minimum absolute atomic E-state index is 0.0394. The van der Waals surface area contributed by atoms with Crippen molar-refractivity contribution in [3.63, 3.8) is 0 Å². The van der Waals surface area contributed by atoms with Gasteiger partial charge in [0.05, 0.1) is 5.69 Å². The minimum Gasteiger partial charge on any atom is -0.352 e. The Labute approximate surface area is 123 Å². The Bertz CT molecular complexity index is 743. The molecule has 0 unspecified atom stereocenters. The molecule has 0 radical (unpaired) electrons. The van der Waals surface area contributed by atoms with Gasteiger partial charge in [0.15, 0.2) is 0 Å². The molecule has 3 rings (SSSR count). The van der Waals surface area contributed by atoms with Crippen LogP contribution in [0.15, 0.2) is 54.9 Å². The lowest BCUT2D eigenvalue weighted by Crippen LogP contribution is -2.25. The van der Waals surface area contributed by atoms with E-state index in [1.807, 2.05) is 66.2 Å². The van der Waals surface area contributed by atoms with E-state index >= 15 is 0 Å². The molecule has 0 aliphatic carbocycles. The molecule has 0 aliphatic heterocycles. The van der Waals surface area contributed by atoms with E-state index in [9.17, 15) is 4.79 Å². The molecular weight excluding hydrogens is 262 g/mol. The normalized spacial score (nSPS) is 10.7. The Morgan fingerprint density at radius 1 is 1.24 bits per heavy atom. The first-order chi connectivity index (χ1) is 10.2. The summed E-state index contributed by atoms with van der Waals surface area (Å²) in [5.74, 6) is -0.0394. The predicted molar refractivity (Wildman–Crippen MR) is 82.4 cm³/mol. The summed E-state index contributed by atoms with van der Waals surface area (Å²) in [5.41, 5.74) is 3.69. The zero-order valence-corrected chi connectivity index (χ0v) is 11.9. The lowest BCUT2D eigenvalue weighted by atomic mass is 10.1. The second-order valence-corrected chi connectivity index (χ2v) is 5.07. The number of aryl methyl sites for hydroxylation is 1. The van der Waals surface area contributed by atoms with Gasteiger partial charge in [0, 0.05) is 30.9 Å². The van der Waals surface area contributed by atoms with Crippen molar-refractivity contribution >= 4 is 11.6 Å². The third-order valence-corrected chi connectivity index (χ3v) is 3.36. The molecule has 21 heavy (non-hydrogen) atoms. The number of hydrogen-bond acceptors (Lipinski definition) is 2. The number of fused-ring (bicyclic) bond motifs is 1. The third-order valence-electron chi connectivity index (χ3n) is 3.36. The molecule has 1 aromatic carbocycles. The van der Waals surface area contributed by atoms with Gasteiger partial charge in [-0.1, -0.05) is 23.8 Å².